The number of rotatable bonds is 2. The van der Waals surface area contributed by atoms with Crippen molar-refractivity contribution < 1.29 is 4.39 Å². The van der Waals surface area contributed by atoms with E-state index in [1.54, 1.807) is 18.6 Å². The maximum atomic E-state index is 14.3. The first-order chi connectivity index (χ1) is 11.7. The van der Waals surface area contributed by atoms with Crippen LogP contribution in [0.1, 0.15) is 30.9 Å². The quantitative estimate of drug-likeness (QED) is 0.642. The fourth-order valence-electron chi connectivity index (χ4n) is 3.43. The van der Waals surface area contributed by atoms with Gasteiger partial charge in [-0.1, -0.05) is 15.9 Å². The van der Waals surface area contributed by atoms with Crippen molar-refractivity contribution in [3.8, 4) is 0 Å². The highest BCUT2D eigenvalue weighted by molar-refractivity contribution is 9.10. The highest BCUT2D eigenvalue weighted by Crippen LogP contribution is 2.38. The van der Waals surface area contributed by atoms with Crippen molar-refractivity contribution in [2.45, 2.75) is 25.3 Å². The third-order valence-electron chi connectivity index (χ3n) is 4.51. The molecule has 0 aliphatic carbocycles. The lowest BCUT2D eigenvalue weighted by atomic mass is 9.96. The van der Waals surface area contributed by atoms with Crippen molar-refractivity contribution in [2.75, 3.05) is 11.4 Å². The van der Waals surface area contributed by atoms with E-state index in [0.717, 1.165) is 47.0 Å². The fourth-order valence-corrected chi connectivity index (χ4v) is 3.86. The van der Waals surface area contributed by atoms with E-state index in [0.29, 0.717) is 5.39 Å². The largest absolute Gasteiger partial charge is 0.349 e. The summed E-state index contributed by atoms with van der Waals surface area (Å²) < 4.78 is 15.0. The van der Waals surface area contributed by atoms with Crippen molar-refractivity contribution in [3.63, 3.8) is 0 Å². The molecule has 0 spiro atoms. The Kier molecular flexibility index (Phi) is 4.14. The van der Waals surface area contributed by atoms with E-state index in [9.17, 15) is 4.39 Å². The maximum Gasteiger partial charge on any atom is 0.137 e. The molecule has 1 atom stereocenters. The minimum absolute atomic E-state index is 0.167. The lowest BCUT2D eigenvalue weighted by molar-refractivity contribution is 0.469. The number of benzene rings is 1. The molecular weight excluding hydrogens is 371 g/mol. The van der Waals surface area contributed by atoms with Crippen LogP contribution in [0.4, 0.5) is 10.2 Å². The van der Waals surface area contributed by atoms with Crippen molar-refractivity contribution >= 4 is 32.5 Å². The average molecular weight is 387 g/mol. The molecule has 0 bridgehead atoms. The first-order valence-corrected chi connectivity index (χ1v) is 8.78. The van der Waals surface area contributed by atoms with Crippen LogP contribution in [0.15, 0.2) is 47.6 Å². The Morgan fingerprint density at radius 3 is 2.79 bits per heavy atom. The average Bonchev–Trinajstić information content (AvgIpc) is 2.62. The normalized spacial score (nSPS) is 18.1. The van der Waals surface area contributed by atoms with Gasteiger partial charge in [-0.25, -0.2) is 19.3 Å². The maximum absolute atomic E-state index is 14.3. The van der Waals surface area contributed by atoms with E-state index in [4.69, 9.17) is 0 Å². The smallest absolute Gasteiger partial charge is 0.137 e. The van der Waals surface area contributed by atoms with Gasteiger partial charge in [-0.3, -0.25) is 0 Å². The summed E-state index contributed by atoms with van der Waals surface area (Å²) in [6.45, 7) is 0.889. The molecule has 6 heteroatoms. The number of aromatic nitrogens is 3. The predicted octanol–water partition coefficient (Wildman–Crippen LogP) is 4.66. The van der Waals surface area contributed by atoms with Crippen LogP contribution < -0.4 is 4.90 Å². The summed E-state index contributed by atoms with van der Waals surface area (Å²) in [5, 5.41) is 1.42. The molecule has 0 amide bonds. The minimum atomic E-state index is -0.236. The van der Waals surface area contributed by atoms with Gasteiger partial charge in [0.15, 0.2) is 0 Å². The van der Waals surface area contributed by atoms with E-state index < -0.39 is 0 Å². The SMILES string of the molecule is Fc1cc(Br)cc2c(N3CCCCC3c3cncnc3)nccc12. The molecule has 0 N–H and O–H groups in total. The number of nitrogens with zero attached hydrogens (tertiary/aromatic N) is 4. The summed E-state index contributed by atoms with van der Waals surface area (Å²) in [7, 11) is 0. The van der Waals surface area contributed by atoms with Crippen LogP contribution >= 0.6 is 15.9 Å². The standard InChI is InChI=1S/C18H16BrFN4/c19-13-7-15-14(16(20)8-13)4-5-23-18(15)24-6-2-1-3-17(24)12-9-21-11-22-10-12/h4-5,7-11,17H,1-3,6H2. The minimum Gasteiger partial charge on any atom is -0.349 e. The van der Waals surface area contributed by atoms with Gasteiger partial charge in [-0.2, -0.15) is 0 Å². The lowest BCUT2D eigenvalue weighted by Crippen LogP contribution is -2.34. The molecule has 4 rings (SSSR count). The summed E-state index contributed by atoms with van der Waals surface area (Å²) in [5.74, 6) is 0.584. The van der Waals surface area contributed by atoms with E-state index in [-0.39, 0.29) is 11.9 Å². The van der Waals surface area contributed by atoms with E-state index >= 15 is 0 Å². The molecule has 1 aliphatic rings. The molecule has 0 radical (unpaired) electrons. The first kappa shape index (κ1) is 15.4. The summed E-state index contributed by atoms with van der Waals surface area (Å²) in [6, 6.07) is 5.32. The van der Waals surface area contributed by atoms with Crippen molar-refractivity contribution in [1.82, 2.24) is 15.0 Å². The Labute approximate surface area is 147 Å². The third kappa shape index (κ3) is 2.75. The van der Waals surface area contributed by atoms with Crippen LogP contribution in [-0.4, -0.2) is 21.5 Å². The second-order valence-electron chi connectivity index (χ2n) is 5.99. The molecule has 0 saturated carbocycles. The Morgan fingerprint density at radius 2 is 1.96 bits per heavy atom. The van der Waals surface area contributed by atoms with Crippen LogP contribution in [0.5, 0.6) is 0 Å². The monoisotopic (exact) mass is 386 g/mol. The first-order valence-electron chi connectivity index (χ1n) is 7.99. The molecular formula is C18H16BrFN4. The van der Waals surface area contributed by atoms with E-state index in [1.807, 2.05) is 18.5 Å². The van der Waals surface area contributed by atoms with Gasteiger partial charge in [-0.15, -0.1) is 0 Å². The molecule has 1 unspecified atom stereocenters. The van der Waals surface area contributed by atoms with Crippen LogP contribution in [0, 0.1) is 5.82 Å². The predicted molar refractivity (Wildman–Crippen MR) is 95.4 cm³/mol. The summed E-state index contributed by atoms with van der Waals surface area (Å²) in [4.78, 5) is 15.2. The Morgan fingerprint density at radius 1 is 1.12 bits per heavy atom. The van der Waals surface area contributed by atoms with Gasteiger partial charge < -0.3 is 4.90 Å². The van der Waals surface area contributed by atoms with Gasteiger partial charge >= 0.3 is 0 Å². The van der Waals surface area contributed by atoms with Crippen molar-refractivity contribution in [2.24, 2.45) is 0 Å². The van der Waals surface area contributed by atoms with Gasteiger partial charge in [0.25, 0.3) is 0 Å². The van der Waals surface area contributed by atoms with Gasteiger partial charge in [0.1, 0.15) is 18.0 Å². The number of anilines is 1. The molecule has 1 aromatic carbocycles. The molecule has 1 fully saturated rings. The lowest BCUT2D eigenvalue weighted by Gasteiger charge is -2.37. The molecule has 122 valence electrons. The number of hydrogen-bond donors (Lipinski definition) is 0. The zero-order valence-corrected chi connectivity index (χ0v) is 14.6. The van der Waals surface area contributed by atoms with Crippen molar-refractivity contribution in [3.05, 3.63) is 59.0 Å². The molecule has 2 aromatic heterocycles. The highest BCUT2D eigenvalue weighted by Gasteiger charge is 2.27. The third-order valence-corrected chi connectivity index (χ3v) is 4.97. The number of hydrogen-bond acceptors (Lipinski definition) is 4. The van der Waals surface area contributed by atoms with Crippen molar-refractivity contribution in [1.29, 1.82) is 0 Å². The molecule has 24 heavy (non-hydrogen) atoms. The fraction of sp³-hybridized carbons (Fsp3) is 0.278. The van der Waals surface area contributed by atoms with Gasteiger partial charge in [0.05, 0.1) is 6.04 Å². The second kappa shape index (κ2) is 6.43. The van der Waals surface area contributed by atoms with Crippen LogP contribution in [0.3, 0.4) is 0 Å². The van der Waals surface area contributed by atoms with Gasteiger partial charge in [-0.05, 0) is 37.5 Å². The zero-order valence-electron chi connectivity index (χ0n) is 13.0. The molecule has 3 heterocycles. The van der Waals surface area contributed by atoms with Crippen LogP contribution in [0.25, 0.3) is 10.8 Å². The van der Waals surface area contributed by atoms with Gasteiger partial charge in [0, 0.05) is 45.9 Å². The van der Waals surface area contributed by atoms with Gasteiger partial charge in [0.2, 0.25) is 0 Å². The summed E-state index contributed by atoms with van der Waals surface area (Å²) >= 11 is 3.40. The van der Waals surface area contributed by atoms with Crippen LogP contribution in [0.2, 0.25) is 0 Å². The summed E-state index contributed by atoms with van der Waals surface area (Å²) in [5.41, 5.74) is 1.08. The second-order valence-corrected chi connectivity index (χ2v) is 6.91. The number of halogens is 2. The Hall–Kier alpha value is -2.08. The topological polar surface area (TPSA) is 41.9 Å². The zero-order chi connectivity index (χ0) is 16.5. The van der Waals surface area contributed by atoms with E-state index in [1.165, 1.54) is 6.07 Å². The summed E-state index contributed by atoms with van der Waals surface area (Å²) in [6.07, 6.45) is 10.2. The highest BCUT2D eigenvalue weighted by atomic mass is 79.9. The number of piperidine rings is 1. The Bertz CT molecular complexity index is 872. The number of pyridine rings is 1. The van der Waals surface area contributed by atoms with Crippen LogP contribution in [-0.2, 0) is 0 Å². The molecule has 1 saturated heterocycles. The molecule has 3 aromatic rings. The van der Waals surface area contributed by atoms with E-state index in [2.05, 4.69) is 35.8 Å². The number of fused-ring (bicyclic) bond motifs is 1. The molecule has 1 aliphatic heterocycles. The molecule has 4 nitrogen and oxygen atoms in total. The Balaban J connectivity index is 1.86.